The van der Waals surface area contributed by atoms with Crippen molar-refractivity contribution in [3.8, 4) is 6.07 Å². The quantitative estimate of drug-likeness (QED) is 0.518. The first-order valence-corrected chi connectivity index (χ1v) is 14.2. The number of sulfone groups is 1. The number of benzene rings is 2. The van der Waals surface area contributed by atoms with Gasteiger partial charge in [-0.3, -0.25) is 4.90 Å². The summed E-state index contributed by atoms with van der Waals surface area (Å²) in [4.78, 5) is 34.0. The number of imide groups is 1. The lowest BCUT2D eigenvalue weighted by atomic mass is 9.97. The van der Waals surface area contributed by atoms with E-state index in [0.717, 1.165) is 29.4 Å². The van der Waals surface area contributed by atoms with Gasteiger partial charge in [-0.25, -0.2) is 27.8 Å². The number of carbonyl (C=O) groups is 2. The summed E-state index contributed by atoms with van der Waals surface area (Å²) in [5.41, 5.74) is -1.88. The minimum absolute atomic E-state index is 0.0234. The van der Waals surface area contributed by atoms with E-state index in [9.17, 15) is 41.5 Å². The van der Waals surface area contributed by atoms with Crippen molar-refractivity contribution in [2.75, 3.05) is 24.3 Å². The molecular weight excluding hydrogens is 563 g/mol. The van der Waals surface area contributed by atoms with Crippen molar-refractivity contribution in [1.29, 1.82) is 5.26 Å². The number of likely N-dealkylation sites (tertiary alicyclic amines) is 1. The summed E-state index contributed by atoms with van der Waals surface area (Å²) in [5.74, 6) is 0. The molecule has 2 heterocycles. The molecule has 4 amide bonds. The van der Waals surface area contributed by atoms with Crippen LogP contribution in [-0.2, 0) is 16.0 Å². The number of nitrogens with zero attached hydrogens (tertiary/aromatic N) is 5. The number of aliphatic hydroxyl groups excluding tert-OH is 1. The number of halogens is 3. The summed E-state index contributed by atoms with van der Waals surface area (Å²) in [6.45, 7) is 8.98. The van der Waals surface area contributed by atoms with Crippen LogP contribution in [0.25, 0.3) is 4.85 Å². The summed E-state index contributed by atoms with van der Waals surface area (Å²) in [6.07, 6.45) is -2.96. The van der Waals surface area contributed by atoms with E-state index in [1.54, 1.807) is 0 Å². The summed E-state index contributed by atoms with van der Waals surface area (Å²) < 4.78 is 66.2. The molecule has 2 aromatic rings. The Hall–Kier alpha value is -4.40. The normalized spacial score (nSPS) is 19.8. The maximum atomic E-state index is 14.1. The van der Waals surface area contributed by atoms with Crippen molar-refractivity contribution in [2.45, 2.75) is 42.9 Å². The van der Waals surface area contributed by atoms with Crippen LogP contribution in [0.1, 0.15) is 42.5 Å². The monoisotopic (exact) mass is 587 g/mol. The zero-order valence-corrected chi connectivity index (χ0v) is 22.7. The van der Waals surface area contributed by atoms with Crippen LogP contribution in [0.3, 0.4) is 0 Å². The number of allylic oxidation sites excluding steroid dienone is 1. The lowest BCUT2D eigenvalue weighted by molar-refractivity contribution is -0.137. The van der Waals surface area contributed by atoms with Crippen LogP contribution in [0.15, 0.2) is 58.8 Å². The molecule has 0 aliphatic carbocycles. The van der Waals surface area contributed by atoms with Crippen LogP contribution < -0.4 is 4.90 Å². The second kappa shape index (κ2) is 10.9. The van der Waals surface area contributed by atoms with E-state index >= 15 is 0 Å². The van der Waals surface area contributed by atoms with Crippen LogP contribution in [0.5, 0.6) is 0 Å². The van der Waals surface area contributed by atoms with Crippen molar-refractivity contribution < 1.29 is 36.3 Å². The van der Waals surface area contributed by atoms with Gasteiger partial charge in [-0.2, -0.15) is 18.4 Å². The largest absolute Gasteiger partial charge is 0.416 e. The number of nitriles is 1. The lowest BCUT2D eigenvalue weighted by Crippen LogP contribution is -2.57. The molecule has 2 aromatic carbocycles. The van der Waals surface area contributed by atoms with Crippen LogP contribution in [0.2, 0.25) is 0 Å². The van der Waals surface area contributed by atoms with Crippen LogP contribution in [0.4, 0.5) is 28.4 Å². The maximum absolute atomic E-state index is 14.1. The molecule has 41 heavy (non-hydrogen) atoms. The first-order valence-electron chi connectivity index (χ1n) is 12.3. The van der Waals surface area contributed by atoms with Crippen molar-refractivity contribution in [3.63, 3.8) is 0 Å². The molecule has 0 aromatic heterocycles. The van der Waals surface area contributed by atoms with E-state index in [1.165, 1.54) is 30.0 Å². The highest BCUT2D eigenvalue weighted by atomic mass is 32.2. The van der Waals surface area contributed by atoms with Gasteiger partial charge in [0.2, 0.25) is 5.70 Å². The molecule has 0 spiro atoms. The second-order valence-electron chi connectivity index (χ2n) is 9.61. The SMILES string of the molecule is [C-]#[N+]C1=C(C)N(c2cccc(C(F)(F)F)c2)C(=O)N(C(=O)N2CCC[C@@H]2CO)[C@@H]1c1ccc(C#N)cc1S(C)(=O)=O. The lowest BCUT2D eigenvalue weighted by Gasteiger charge is -2.43. The zero-order chi connectivity index (χ0) is 30.3. The number of urea groups is 2. The fraction of sp³-hybridized carbons (Fsp3) is 0.333. The zero-order valence-electron chi connectivity index (χ0n) is 21.9. The third kappa shape index (κ3) is 5.36. The molecule has 2 aliphatic rings. The van der Waals surface area contributed by atoms with Gasteiger partial charge in [-0.15, -0.1) is 0 Å². The molecule has 14 heteroatoms. The predicted molar refractivity (Wildman–Crippen MR) is 140 cm³/mol. The van der Waals surface area contributed by atoms with Gasteiger partial charge >= 0.3 is 18.2 Å². The summed E-state index contributed by atoms with van der Waals surface area (Å²) >= 11 is 0. The Morgan fingerprint density at radius 2 is 1.95 bits per heavy atom. The van der Waals surface area contributed by atoms with Gasteiger partial charge in [0.1, 0.15) is 6.04 Å². The molecule has 214 valence electrons. The minimum Gasteiger partial charge on any atom is -0.394 e. The number of hydrogen-bond donors (Lipinski definition) is 1. The molecule has 2 aliphatic heterocycles. The third-order valence-electron chi connectivity index (χ3n) is 7.05. The van der Waals surface area contributed by atoms with Gasteiger partial charge < -0.3 is 10.0 Å². The number of aliphatic hydroxyl groups is 1. The Morgan fingerprint density at radius 3 is 2.54 bits per heavy atom. The van der Waals surface area contributed by atoms with E-state index < -0.39 is 57.2 Å². The van der Waals surface area contributed by atoms with Crippen molar-refractivity contribution in [2.24, 2.45) is 0 Å². The third-order valence-corrected chi connectivity index (χ3v) is 8.20. The van der Waals surface area contributed by atoms with Crippen molar-refractivity contribution in [3.05, 3.63) is 82.0 Å². The first kappa shape index (κ1) is 29.6. The van der Waals surface area contributed by atoms with E-state index in [4.69, 9.17) is 6.57 Å². The topological polar surface area (TPSA) is 126 Å². The highest BCUT2D eigenvalue weighted by molar-refractivity contribution is 7.90. The Kier molecular flexibility index (Phi) is 7.85. The molecule has 2 atom stereocenters. The summed E-state index contributed by atoms with van der Waals surface area (Å²) in [7, 11) is -4.07. The van der Waals surface area contributed by atoms with Gasteiger partial charge in [0.25, 0.3) is 0 Å². The van der Waals surface area contributed by atoms with Gasteiger partial charge in [-0.1, -0.05) is 12.1 Å². The Morgan fingerprint density at radius 1 is 1.24 bits per heavy atom. The van der Waals surface area contributed by atoms with Gasteiger partial charge in [0.15, 0.2) is 9.84 Å². The highest BCUT2D eigenvalue weighted by Gasteiger charge is 2.48. The fourth-order valence-corrected chi connectivity index (χ4v) is 6.06. The molecule has 0 radical (unpaired) electrons. The fourth-order valence-electron chi connectivity index (χ4n) is 5.11. The number of hydrogen-bond acceptors (Lipinski definition) is 6. The molecule has 0 bridgehead atoms. The van der Waals surface area contributed by atoms with Crippen molar-refractivity contribution in [1.82, 2.24) is 9.80 Å². The molecule has 4 rings (SSSR count). The predicted octanol–water partition coefficient (Wildman–Crippen LogP) is 4.69. The van der Waals surface area contributed by atoms with Gasteiger partial charge in [0, 0.05) is 24.2 Å². The van der Waals surface area contributed by atoms with E-state index in [0.29, 0.717) is 23.8 Å². The van der Waals surface area contributed by atoms with Crippen LogP contribution >= 0.6 is 0 Å². The maximum Gasteiger partial charge on any atom is 0.416 e. The number of anilines is 1. The number of amides is 4. The van der Waals surface area contributed by atoms with Crippen LogP contribution in [-0.4, -0.2) is 60.8 Å². The molecule has 0 saturated carbocycles. The van der Waals surface area contributed by atoms with Gasteiger partial charge in [-0.05, 0) is 55.7 Å². The molecule has 1 fully saturated rings. The average molecular weight is 588 g/mol. The van der Waals surface area contributed by atoms with Crippen molar-refractivity contribution >= 4 is 27.6 Å². The first-order chi connectivity index (χ1) is 19.2. The summed E-state index contributed by atoms with van der Waals surface area (Å²) in [6, 6.07) is 4.91. The number of alkyl halides is 3. The summed E-state index contributed by atoms with van der Waals surface area (Å²) in [5, 5.41) is 19.2. The Balaban J connectivity index is 2.02. The molecule has 0 unspecified atom stereocenters. The second-order valence-corrected chi connectivity index (χ2v) is 11.6. The molecule has 1 saturated heterocycles. The van der Waals surface area contributed by atoms with Gasteiger partial charge in [0.05, 0.1) is 41.3 Å². The Labute approximate surface area is 234 Å². The standard InChI is InChI=1S/C27H24F3N5O5S/c1-16-23(32-2)24(21-10-9-17(14-31)12-22(21)41(3,39)40)35(25(37)33-11-5-8-20(33)15-36)26(38)34(16)19-7-4-6-18(13-19)27(28,29)30/h4,6-7,9-10,12-13,20,24,36H,5,8,11,15H2,1,3H3/t20-,24-/m1/s1. The van der Waals surface area contributed by atoms with Crippen LogP contribution in [0, 0.1) is 17.9 Å². The molecular formula is C27H24F3N5O5S. The molecule has 10 nitrogen and oxygen atoms in total. The number of carbonyl (C=O) groups excluding carboxylic acids is 2. The molecule has 1 N–H and O–H groups in total. The Bertz CT molecular complexity index is 1640. The minimum atomic E-state index is -4.75. The highest BCUT2D eigenvalue weighted by Crippen LogP contribution is 2.44. The van der Waals surface area contributed by atoms with E-state index in [-0.39, 0.29) is 34.8 Å². The average Bonchev–Trinajstić information content (AvgIpc) is 3.40. The van der Waals surface area contributed by atoms with E-state index in [2.05, 4.69) is 4.85 Å². The smallest absolute Gasteiger partial charge is 0.394 e. The van der Waals surface area contributed by atoms with E-state index in [1.807, 2.05) is 6.07 Å². The number of rotatable bonds is 4.